The molecule has 2 aromatic heterocycles. The number of aromatic nitrogens is 3. The predicted molar refractivity (Wildman–Crippen MR) is 114 cm³/mol. The van der Waals surface area contributed by atoms with E-state index in [1.165, 1.54) is 19.2 Å². The lowest BCUT2D eigenvalue weighted by Gasteiger charge is -2.16. The minimum atomic E-state index is -1.02. The van der Waals surface area contributed by atoms with Crippen molar-refractivity contribution in [2.45, 2.75) is 26.7 Å². The summed E-state index contributed by atoms with van der Waals surface area (Å²) in [4.78, 5) is 25.2. The summed E-state index contributed by atoms with van der Waals surface area (Å²) in [6, 6.07) is 4.66. The topological polar surface area (TPSA) is 97.2 Å². The summed E-state index contributed by atoms with van der Waals surface area (Å²) >= 11 is 1.54. The van der Waals surface area contributed by atoms with Crippen LogP contribution in [0.4, 0.5) is 11.5 Å². The molecule has 7 nitrogen and oxygen atoms in total. The number of rotatable bonds is 8. The van der Waals surface area contributed by atoms with Gasteiger partial charge in [0.05, 0.1) is 23.4 Å². The molecule has 0 fully saturated rings. The highest BCUT2D eigenvalue weighted by atomic mass is 32.1. The first kappa shape index (κ1) is 20.5. The molecule has 0 aliphatic heterocycles. The number of allylic oxidation sites excluding steroid dienone is 1. The van der Waals surface area contributed by atoms with Crippen molar-refractivity contribution >= 4 is 28.8 Å². The van der Waals surface area contributed by atoms with Gasteiger partial charge in [0.1, 0.15) is 17.3 Å². The second-order valence-corrected chi connectivity index (χ2v) is 7.33. The van der Waals surface area contributed by atoms with E-state index in [1.54, 1.807) is 23.5 Å². The number of nitrogens with one attached hydrogen (secondary N) is 1. The molecule has 0 saturated heterocycles. The number of aromatic carboxylic acids is 1. The third-order valence-electron chi connectivity index (χ3n) is 4.33. The van der Waals surface area contributed by atoms with Gasteiger partial charge in [-0.3, -0.25) is 0 Å². The summed E-state index contributed by atoms with van der Waals surface area (Å²) in [6.45, 7) is 7.82. The standard InChI is InChI=1S/C21H22N4O3S/c1-5-7-14-15(6-2)23-20(17-11-29-12(3)22-17)25-19(14)24-16-9-8-13(21(26)27)10-18(16)28-4/h5,8-11H,1,6-7H2,2-4H3,(H,26,27)(H,23,24,25). The molecule has 0 unspecified atom stereocenters. The zero-order valence-electron chi connectivity index (χ0n) is 16.5. The highest BCUT2D eigenvalue weighted by Crippen LogP contribution is 2.32. The molecule has 0 radical (unpaired) electrons. The van der Waals surface area contributed by atoms with Crippen LogP contribution in [0.3, 0.4) is 0 Å². The van der Waals surface area contributed by atoms with Crippen LogP contribution >= 0.6 is 11.3 Å². The van der Waals surface area contributed by atoms with E-state index in [4.69, 9.17) is 14.7 Å². The first-order chi connectivity index (χ1) is 14.0. The fraction of sp³-hybridized carbons (Fsp3) is 0.238. The summed E-state index contributed by atoms with van der Waals surface area (Å²) in [6.07, 6.45) is 3.13. The largest absolute Gasteiger partial charge is 0.495 e. The molecule has 0 spiro atoms. The Kier molecular flexibility index (Phi) is 6.23. The van der Waals surface area contributed by atoms with E-state index < -0.39 is 5.97 Å². The van der Waals surface area contributed by atoms with Crippen molar-refractivity contribution in [1.82, 2.24) is 15.0 Å². The first-order valence-corrected chi connectivity index (χ1v) is 9.96. The Balaban J connectivity index is 2.11. The predicted octanol–water partition coefficient (Wildman–Crippen LogP) is 4.65. The second kappa shape index (κ2) is 8.83. The third kappa shape index (κ3) is 4.43. The van der Waals surface area contributed by atoms with E-state index in [-0.39, 0.29) is 5.56 Å². The van der Waals surface area contributed by atoms with Gasteiger partial charge >= 0.3 is 5.97 Å². The Hall–Kier alpha value is -3.26. The molecule has 0 aliphatic carbocycles. The van der Waals surface area contributed by atoms with Crippen molar-refractivity contribution in [2.24, 2.45) is 0 Å². The van der Waals surface area contributed by atoms with E-state index in [1.807, 2.05) is 19.2 Å². The zero-order valence-corrected chi connectivity index (χ0v) is 17.3. The normalized spacial score (nSPS) is 10.6. The summed E-state index contributed by atoms with van der Waals surface area (Å²) in [5.41, 5.74) is 3.33. The molecule has 0 aliphatic rings. The number of benzene rings is 1. The lowest BCUT2D eigenvalue weighted by Crippen LogP contribution is -2.08. The Morgan fingerprint density at radius 3 is 2.72 bits per heavy atom. The van der Waals surface area contributed by atoms with Crippen LogP contribution in [0.2, 0.25) is 0 Å². The van der Waals surface area contributed by atoms with E-state index >= 15 is 0 Å². The monoisotopic (exact) mass is 410 g/mol. The number of thiazole rings is 1. The van der Waals surface area contributed by atoms with Gasteiger partial charge in [0.15, 0.2) is 5.82 Å². The van der Waals surface area contributed by atoms with Gasteiger partial charge in [0.2, 0.25) is 0 Å². The van der Waals surface area contributed by atoms with Gasteiger partial charge in [-0.25, -0.2) is 19.7 Å². The van der Waals surface area contributed by atoms with Crippen LogP contribution in [0.25, 0.3) is 11.5 Å². The van der Waals surface area contributed by atoms with Crippen LogP contribution in [0.1, 0.15) is 33.5 Å². The van der Waals surface area contributed by atoms with Crippen molar-refractivity contribution in [1.29, 1.82) is 0 Å². The minimum absolute atomic E-state index is 0.147. The average Bonchev–Trinajstić information content (AvgIpc) is 3.15. The molecule has 8 heteroatoms. The van der Waals surface area contributed by atoms with Crippen LogP contribution in [0.15, 0.2) is 36.2 Å². The van der Waals surface area contributed by atoms with Crippen molar-refractivity contribution in [3.8, 4) is 17.3 Å². The van der Waals surface area contributed by atoms with Crippen molar-refractivity contribution in [3.05, 3.63) is 58.1 Å². The Morgan fingerprint density at radius 1 is 1.34 bits per heavy atom. The van der Waals surface area contributed by atoms with Gasteiger partial charge < -0.3 is 15.2 Å². The maximum atomic E-state index is 11.3. The van der Waals surface area contributed by atoms with Crippen LogP contribution in [-0.4, -0.2) is 33.1 Å². The zero-order chi connectivity index (χ0) is 21.0. The molecule has 0 bridgehead atoms. The number of ether oxygens (including phenoxy) is 1. The van der Waals surface area contributed by atoms with E-state index in [2.05, 4.69) is 16.9 Å². The number of anilines is 2. The number of hydrogen-bond acceptors (Lipinski definition) is 7. The molecule has 2 heterocycles. The quantitative estimate of drug-likeness (QED) is 0.522. The number of methoxy groups -OCH3 is 1. The lowest BCUT2D eigenvalue weighted by molar-refractivity contribution is 0.0696. The summed E-state index contributed by atoms with van der Waals surface area (Å²) < 4.78 is 5.38. The van der Waals surface area contributed by atoms with E-state index in [9.17, 15) is 9.90 Å². The number of carboxylic acids is 1. The Bertz CT molecular complexity index is 1060. The number of aryl methyl sites for hydroxylation is 2. The average molecular weight is 410 g/mol. The molecule has 2 N–H and O–H groups in total. The summed E-state index contributed by atoms with van der Waals surface area (Å²) in [5, 5.41) is 15.4. The molecule has 0 amide bonds. The highest BCUT2D eigenvalue weighted by Gasteiger charge is 2.17. The molecule has 29 heavy (non-hydrogen) atoms. The Morgan fingerprint density at radius 2 is 2.14 bits per heavy atom. The van der Waals surface area contributed by atoms with Gasteiger partial charge in [-0.05, 0) is 38.0 Å². The molecular weight excluding hydrogens is 388 g/mol. The summed E-state index contributed by atoms with van der Waals surface area (Å²) in [5.74, 6) is 0.567. The number of nitrogens with zero attached hydrogens (tertiary/aromatic N) is 3. The van der Waals surface area contributed by atoms with Gasteiger partial charge in [-0.1, -0.05) is 13.0 Å². The SMILES string of the molecule is C=CCc1c(CC)nc(-c2csc(C)n2)nc1Nc1ccc(C(=O)O)cc1OC. The van der Waals surface area contributed by atoms with Crippen LogP contribution in [-0.2, 0) is 12.8 Å². The van der Waals surface area contributed by atoms with Gasteiger partial charge in [-0.2, -0.15) is 0 Å². The number of hydrogen-bond donors (Lipinski definition) is 2. The fourth-order valence-electron chi connectivity index (χ4n) is 2.92. The maximum absolute atomic E-state index is 11.3. The molecule has 150 valence electrons. The highest BCUT2D eigenvalue weighted by molar-refractivity contribution is 7.09. The fourth-order valence-corrected chi connectivity index (χ4v) is 3.51. The number of carboxylic acid groups (broad SMARTS) is 1. The van der Waals surface area contributed by atoms with Gasteiger partial charge in [0, 0.05) is 16.6 Å². The molecule has 0 atom stereocenters. The first-order valence-electron chi connectivity index (χ1n) is 9.08. The molecule has 1 aromatic carbocycles. The second-order valence-electron chi connectivity index (χ2n) is 6.26. The smallest absolute Gasteiger partial charge is 0.335 e. The van der Waals surface area contributed by atoms with Crippen molar-refractivity contribution in [2.75, 3.05) is 12.4 Å². The molecule has 0 saturated carbocycles. The van der Waals surface area contributed by atoms with Crippen molar-refractivity contribution < 1.29 is 14.6 Å². The van der Waals surface area contributed by atoms with Crippen LogP contribution in [0.5, 0.6) is 5.75 Å². The van der Waals surface area contributed by atoms with Gasteiger partial charge in [0.25, 0.3) is 0 Å². The van der Waals surface area contributed by atoms with E-state index in [0.29, 0.717) is 29.5 Å². The Labute approximate surface area is 173 Å². The maximum Gasteiger partial charge on any atom is 0.335 e. The molecule has 3 rings (SSSR count). The van der Waals surface area contributed by atoms with Crippen LogP contribution < -0.4 is 10.1 Å². The van der Waals surface area contributed by atoms with E-state index in [0.717, 1.165) is 28.4 Å². The third-order valence-corrected chi connectivity index (χ3v) is 5.10. The van der Waals surface area contributed by atoms with Crippen LogP contribution in [0, 0.1) is 6.92 Å². The molecular formula is C21H22N4O3S. The molecule has 3 aromatic rings. The minimum Gasteiger partial charge on any atom is -0.495 e. The van der Waals surface area contributed by atoms with Gasteiger partial charge in [-0.15, -0.1) is 17.9 Å². The summed E-state index contributed by atoms with van der Waals surface area (Å²) in [7, 11) is 1.50. The van der Waals surface area contributed by atoms with Crippen molar-refractivity contribution in [3.63, 3.8) is 0 Å². The number of carbonyl (C=O) groups is 1. The lowest BCUT2D eigenvalue weighted by atomic mass is 10.1.